The minimum absolute atomic E-state index is 0.120. The van der Waals surface area contributed by atoms with Crippen LogP contribution in [0.2, 0.25) is 0 Å². The zero-order valence-corrected chi connectivity index (χ0v) is 12.1. The Morgan fingerprint density at radius 1 is 1.21 bits per heavy atom. The standard InChI is InChI=1S/C14H26N2O3/c1-15(13-5-9-19-10-6-13)12-3-7-16(8-4-12)14(17)11-18-2/h12-13H,3-11H2,1-2H3. The van der Waals surface area contributed by atoms with Gasteiger partial charge in [-0.15, -0.1) is 0 Å². The van der Waals surface area contributed by atoms with Crippen LogP contribution in [-0.4, -0.2) is 74.9 Å². The van der Waals surface area contributed by atoms with Crippen LogP contribution in [-0.2, 0) is 14.3 Å². The number of hydrogen-bond donors (Lipinski definition) is 0. The molecular formula is C14H26N2O3. The van der Waals surface area contributed by atoms with Crippen molar-refractivity contribution in [1.82, 2.24) is 9.80 Å². The topological polar surface area (TPSA) is 42.0 Å². The Balaban J connectivity index is 1.77. The van der Waals surface area contributed by atoms with Gasteiger partial charge in [0.15, 0.2) is 0 Å². The van der Waals surface area contributed by atoms with Crippen LogP contribution < -0.4 is 0 Å². The molecule has 0 aliphatic carbocycles. The lowest BCUT2D eigenvalue weighted by atomic mass is 9.99. The highest BCUT2D eigenvalue weighted by molar-refractivity contribution is 5.77. The molecule has 19 heavy (non-hydrogen) atoms. The summed E-state index contributed by atoms with van der Waals surface area (Å²) in [6, 6.07) is 1.26. The Labute approximate surface area is 115 Å². The lowest BCUT2D eigenvalue weighted by Gasteiger charge is -2.41. The van der Waals surface area contributed by atoms with Crippen LogP contribution >= 0.6 is 0 Å². The fourth-order valence-corrected chi connectivity index (χ4v) is 3.13. The van der Waals surface area contributed by atoms with Crippen molar-refractivity contribution in [3.63, 3.8) is 0 Å². The number of piperidine rings is 1. The van der Waals surface area contributed by atoms with E-state index in [-0.39, 0.29) is 12.5 Å². The Bertz CT molecular complexity index is 284. The van der Waals surface area contributed by atoms with Crippen LogP contribution in [0.4, 0.5) is 0 Å². The Morgan fingerprint density at radius 2 is 1.79 bits per heavy atom. The summed E-state index contributed by atoms with van der Waals surface area (Å²) in [7, 11) is 3.80. The van der Waals surface area contributed by atoms with Gasteiger partial charge in [0.2, 0.25) is 5.91 Å². The molecule has 5 nitrogen and oxygen atoms in total. The van der Waals surface area contributed by atoms with Gasteiger partial charge in [-0.1, -0.05) is 0 Å². The number of likely N-dealkylation sites (tertiary alicyclic amines) is 1. The third-order valence-corrected chi connectivity index (χ3v) is 4.43. The van der Waals surface area contributed by atoms with Gasteiger partial charge in [0.25, 0.3) is 0 Å². The summed E-state index contributed by atoms with van der Waals surface area (Å²) >= 11 is 0. The minimum atomic E-state index is 0.120. The Morgan fingerprint density at radius 3 is 2.37 bits per heavy atom. The van der Waals surface area contributed by atoms with E-state index in [1.807, 2.05) is 4.90 Å². The first-order valence-electron chi connectivity index (χ1n) is 7.28. The maximum Gasteiger partial charge on any atom is 0.248 e. The number of ether oxygens (including phenoxy) is 2. The lowest BCUT2D eigenvalue weighted by molar-refractivity contribution is -0.136. The fraction of sp³-hybridized carbons (Fsp3) is 0.929. The molecule has 5 heteroatoms. The third kappa shape index (κ3) is 3.91. The smallest absolute Gasteiger partial charge is 0.248 e. The molecule has 0 atom stereocenters. The van der Waals surface area contributed by atoms with Gasteiger partial charge >= 0.3 is 0 Å². The fourth-order valence-electron chi connectivity index (χ4n) is 3.13. The van der Waals surface area contributed by atoms with Gasteiger partial charge in [0.05, 0.1) is 0 Å². The van der Waals surface area contributed by atoms with Gasteiger partial charge in [0, 0.05) is 45.5 Å². The molecule has 0 aromatic heterocycles. The van der Waals surface area contributed by atoms with E-state index in [0.29, 0.717) is 12.1 Å². The van der Waals surface area contributed by atoms with Crippen molar-refractivity contribution >= 4 is 5.91 Å². The number of methoxy groups -OCH3 is 1. The van der Waals surface area contributed by atoms with Crippen molar-refractivity contribution in [3.05, 3.63) is 0 Å². The number of nitrogens with zero attached hydrogens (tertiary/aromatic N) is 2. The molecule has 2 saturated heterocycles. The number of carbonyl (C=O) groups is 1. The number of amides is 1. The number of carbonyl (C=O) groups excluding carboxylic acids is 1. The van der Waals surface area contributed by atoms with E-state index in [1.165, 1.54) is 0 Å². The largest absolute Gasteiger partial charge is 0.381 e. The second-order valence-electron chi connectivity index (χ2n) is 5.55. The van der Waals surface area contributed by atoms with Crippen molar-refractivity contribution in [1.29, 1.82) is 0 Å². The highest BCUT2D eigenvalue weighted by atomic mass is 16.5. The molecule has 110 valence electrons. The zero-order chi connectivity index (χ0) is 13.7. The van der Waals surface area contributed by atoms with Crippen LogP contribution in [0.3, 0.4) is 0 Å². The van der Waals surface area contributed by atoms with Crippen molar-refractivity contribution < 1.29 is 14.3 Å². The number of hydrogen-bond acceptors (Lipinski definition) is 4. The molecule has 1 amide bonds. The van der Waals surface area contributed by atoms with Crippen molar-refractivity contribution in [2.75, 3.05) is 47.1 Å². The molecule has 0 aromatic rings. The summed E-state index contributed by atoms with van der Waals surface area (Å²) in [4.78, 5) is 16.2. The molecule has 2 rings (SSSR count). The van der Waals surface area contributed by atoms with E-state index >= 15 is 0 Å². The van der Waals surface area contributed by atoms with Crippen LogP contribution in [0, 0.1) is 0 Å². The van der Waals surface area contributed by atoms with Gasteiger partial charge in [-0.25, -0.2) is 0 Å². The average molecular weight is 270 g/mol. The van der Waals surface area contributed by atoms with Crippen LogP contribution in [0.25, 0.3) is 0 Å². The highest BCUT2D eigenvalue weighted by Gasteiger charge is 2.29. The summed E-state index contributed by atoms with van der Waals surface area (Å²) in [6.07, 6.45) is 4.42. The third-order valence-electron chi connectivity index (χ3n) is 4.43. The molecule has 2 heterocycles. The summed E-state index contributed by atoms with van der Waals surface area (Å²) in [5, 5.41) is 0. The van der Waals surface area contributed by atoms with Crippen molar-refractivity contribution in [2.45, 2.75) is 37.8 Å². The molecule has 2 aliphatic rings. The van der Waals surface area contributed by atoms with Crippen molar-refractivity contribution in [2.24, 2.45) is 0 Å². The quantitative estimate of drug-likeness (QED) is 0.755. The van der Waals surface area contributed by atoms with E-state index < -0.39 is 0 Å². The SMILES string of the molecule is COCC(=O)N1CCC(N(C)C2CCOCC2)CC1. The van der Waals surface area contributed by atoms with Crippen LogP contribution in [0.5, 0.6) is 0 Å². The normalized spacial score (nSPS) is 23.0. The first-order valence-corrected chi connectivity index (χ1v) is 7.28. The summed E-state index contributed by atoms with van der Waals surface area (Å²) in [5.74, 6) is 0.120. The molecule has 0 spiro atoms. The monoisotopic (exact) mass is 270 g/mol. The molecule has 0 bridgehead atoms. The van der Waals surface area contributed by atoms with Crippen LogP contribution in [0.15, 0.2) is 0 Å². The number of rotatable bonds is 4. The lowest BCUT2D eigenvalue weighted by Crippen LogP contribution is -2.50. The minimum Gasteiger partial charge on any atom is -0.381 e. The van der Waals surface area contributed by atoms with Crippen molar-refractivity contribution in [3.8, 4) is 0 Å². The molecule has 0 N–H and O–H groups in total. The van der Waals surface area contributed by atoms with E-state index in [1.54, 1.807) is 7.11 Å². The summed E-state index contributed by atoms with van der Waals surface area (Å²) < 4.78 is 10.3. The molecule has 0 aromatic carbocycles. The molecule has 2 fully saturated rings. The van der Waals surface area contributed by atoms with E-state index in [9.17, 15) is 4.79 Å². The first kappa shape index (κ1) is 14.8. The van der Waals surface area contributed by atoms with Gasteiger partial charge < -0.3 is 19.3 Å². The zero-order valence-electron chi connectivity index (χ0n) is 12.1. The Kier molecular flexibility index (Phi) is 5.60. The average Bonchev–Trinajstić information content (AvgIpc) is 2.48. The molecule has 0 saturated carbocycles. The van der Waals surface area contributed by atoms with Gasteiger partial charge in [-0.2, -0.15) is 0 Å². The van der Waals surface area contributed by atoms with Gasteiger partial charge in [-0.05, 0) is 32.7 Å². The predicted octanol–water partition coefficient (Wildman–Crippen LogP) is 0.735. The maximum atomic E-state index is 11.7. The maximum absolute atomic E-state index is 11.7. The molecule has 0 unspecified atom stereocenters. The van der Waals surface area contributed by atoms with E-state index in [0.717, 1.165) is 52.0 Å². The molecule has 2 aliphatic heterocycles. The molecule has 0 radical (unpaired) electrons. The Hall–Kier alpha value is -0.650. The van der Waals surface area contributed by atoms with Gasteiger partial charge in [0.1, 0.15) is 6.61 Å². The second kappa shape index (κ2) is 7.22. The van der Waals surface area contributed by atoms with Gasteiger partial charge in [-0.3, -0.25) is 4.79 Å². The predicted molar refractivity (Wildman–Crippen MR) is 73.1 cm³/mol. The summed E-state index contributed by atoms with van der Waals surface area (Å²) in [5.41, 5.74) is 0. The summed E-state index contributed by atoms with van der Waals surface area (Å²) in [6.45, 7) is 3.71. The van der Waals surface area contributed by atoms with E-state index in [4.69, 9.17) is 9.47 Å². The highest BCUT2D eigenvalue weighted by Crippen LogP contribution is 2.22. The molecular weight excluding hydrogens is 244 g/mol. The first-order chi connectivity index (χ1) is 9.22. The second-order valence-corrected chi connectivity index (χ2v) is 5.55. The van der Waals surface area contributed by atoms with E-state index in [2.05, 4.69) is 11.9 Å². The van der Waals surface area contributed by atoms with Crippen LogP contribution in [0.1, 0.15) is 25.7 Å².